The number of amides is 1. The number of carbonyl (C=O) groups excluding carboxylic acids is 1. The summed E-state index contributed by atoms with van der Waals surface area (Å²) in [7, 11) is 0. The molecule has 0 aliphatic carbocycles. The number of pyridine rings is 1. The fourth-order valence-electron chi connectivity index (χ4n) is 1.35. The van der Waals surface area contributed by atoms with Crippen LogP contribution in [0.1, 0.15) is 31.3 Å². The average molecular weight is 233 g/mol. The molecule has 0 saturated carbocycles. The van der Waals surface area contributed by atoms with Gasteiger partial charge in [0.25, 0.3) is 5.91 Å². The Kier molecular flexibility index (Phi) is 2.85. The number of H-pyrrole nitrogens is 1. The van der Waals surface area contributed by atoms with Gasteiger partial charge in [-0.2, -0.15) is 0 Å². The van der Waals surface area contributed by atoms with Crippen molar-refractivity contribution in [2.45, 2.75) is 26.4 Å². The maximum absolute atomic E-state index is 11.8. The summed E-state index contributed by atoms with van der Waals surface area (Å²) in [6.45, 7) is 5.59. The van der Waals surface area contributed by atoms with Crippen LogP contribution in [0.15, 0.2) is 24.5 Å². The third kappa shape index (κ3) is 2.82. The highest BCUT2D eigenvalue weighted by atomic mass is 16.7. The van der Waals surface area contributed by atoms with Gasteiger partial charge in [0.2, 0.25) is 0 Å². The Labute approximate surface area is 99.1 Å². The lowest BCUT2D eigenvalue weighted by molar-refractivity contribution is -0.0591. The number of rotatable bonds is 2. The predicted molar refractivity (Wildman–Crippen MR) is 64.4 cm³/mol. The van der Waals surface area contributed by atoms with Gasteiger partial charge in [0.15, 0.2) is 0 Å². The smallest absolute Gasteiger partial charge is 0.291 e. The lowest BCUT2D eigenvalue weighted by Crippen LogP contribution is -2.33. The van der Waals surface area contributed by atoms with Crippen LogP contribution in [0.3, 0.4) is 0 Å². The van der Waals surface area contributed by atoms with Gasteiger partial charge >= 0.3 is 0 Å². The van der Waals surface area contributed by atoms with Crippen molar-refractivity contribution in [2.24, 2.45) is 0 Å². The van der Waals surface area contributed by atoms with Crippen molar-refractivity contribution in [3.8, 4) is 0 Å². The molecule has 0 unspecified atom stereocenters. The molecule has 0 bridgehead atoms. The Hall–Kier alpha value is -1.88. The van der Waals surface area contributed by atoms with Crippen LogP contribution in [0.2, 0.25) is 0 Å². The summed E-state index contributed by atoms with van der Waals surface area (Å²) in [5.41, 5.74) is 3.33. The van der Waals surface area contributed by atoms with Gasteiger partial charge in [-0.25, -0.2) is 5.48 Å². The second-order valence-electron chi connectivity index (χ2n) is 4.79. The molecule has 0 saturated heterocycles. The number of fused-ring (bicyclic) bond motifs is 1. The zero-order chi connectivity index (χ0) is 12.5. The maximum atomic E-state index is 11.8. The fourth-order valence-corrected chi connectivity index (χ4v) is 1.35. The summed E-state index contributed by atoms with van der Waals surface area (Å²) in [6.07, 6.45) is 3.37. The number of nitrogens with zero attached hydrogens (tertiary/aromatic N) is 1. The quantitative estimate of drug-likeness (QED) is 0.780. The number of hydroxylamine groups is 1. The van der Waals surface area contributed by atoms with E-state index in [2.05, 4.69) is 15.4 Å². The van der Waals surface area contributed by atoms with Crippen LogP contribution in [-0.2, 0) is 4.84 Å². The number of hydrogen-bond acceptors (Lipinski definition) is 3. The van der Waals surface area contributed by atoms with Crippen LogP contribution in [-0.4, -0.2) is 21.5 Å². The van der Waals surface area contributed by atoms with Gasteiger partial charge in [-0.05, 0) is 32.9 Å². The summed E-state index contributed by atoms with van der Waals surface area (Å²) in [6, 6.07) is 3.56. The lowest BCUT2D eigenvalue weighted by Gasteiger charge is -2.18. The first-order valence-electron chi connectivity index (χ1n) is 5.37. The molecule has 0 spiro atoms. The second-order valence-corrected chi connectivity index (χ2v) is 4.79. The highest BCUT2D eigenvalue weighted by molar-refractivity contribution is 5.97. The average Bonchev–Trinajstić information content (AvgIpc) is 2.68. The second kappa shape index (κ2) is 4.18. The number of hydrogen-bond donors (Lipinski definition) is 2. The number of nitrogens with one attached hydrogen (secondary N) is 2. The zero-order valence-electron chi connectivity index (χ0n) is 10.1. The Bertz CT molecular complexity index is 507. The largest absolute Gasteiger partial charge is 0.350 e. The topological polar surface area (TPSA) is 67.0 Å². The van der Waals surface area contributed by atoms with Gasteiger partial charge in [-0.3, -0.25) is 14.6 Å². The van der Waals surface area contributed by atoms with Crippen LogP contribution in [0.5, 0.6) is 0 Å². The maximum Gasteiger partial charge on any atom is 0.291 e. The van der Waals surface area contributed by atoms with Gasteiger partial charge in [0.1, 0.15) is 5.69 Å². The summed E-state index contributed by atoms with van der Waals surface area (Å²) in [5.74, 6) is -0.295. The molecule has 0 atom stereocenters. The van der Waals surface area contributed by atoms with Crippen molar-refractivity contribution in [3.63, 3.8) is 0 Å². The molecule has 0 radical (unpaired) electrons. The van der Waals surface area contributed by atoms with E-state index < -0.39 is 5.60 Å². The molecule has 2 heterocycles. The number of carbonyl (C=O) groups is 1. The van der Waals surface area contributed by atoms with E-state index in [9.17, 15) is 4.79 Å². The van der Waals surface area contributed by atoms with Crippen molar-refractivity contribution in [1.29, 1.82) is 0 Å². The summed E-state index contributed by atoms with van der Waals surface area (Å²) >= 11 is 0. The van der Waals surface area contributed by atoms with Crippen LogP contribution in [0.4, 0.5) is 0 Å². The van der Waals surface area contributed by atoms with E-state index in [0.717, 1.165) is 10.9 Å². The van der Waals surface area contributed by atoms with Crippen LogP contribution in [0.25, 0.3) is 10.9 Å². The van der Waals surface area contributed by atoms with Gasteiger partial charge in [0.05, 0.1) is 5.60 Å². The Morgan fingerprint density at radius 1 is 1.47 bits per heavy atom. The lowest BCUT2D eigenvalue weighted by atomic mass is 10.2. The molecular formula is C12H15N3O2. The fraction of sp³-hybridized carbons (Fsp3) is 0.333. The monoisotopic (exact) mass is 233 g/mol. The summed E-state index contributed by atoms with van der Waals surface area (Å²) < 4.78 is 0. The van der Waals surface area contributed by atoms with E-state index in [1.807, 2.05) is 26.8 Å². The normalized spacial score (nSPS) is 11.7. The first kappa shape index (κ1) is 11.6. The Morgan fingerprint density at radius 2 is 2.24 bits per heavy atom. The number of aromatic nitrogens is 2. The molecule has 17 heavy (non-hydrogen) atoms. The molecule has 0 aliphatic heterocycles. The molecule has 2 aromatic heterocycles. The molecule has 0 fully saturated rings. The van der Waals surface area contributed by atoms with E-state index in [1.165, 1.54) is 0 Å². The van der Waals surface area contributed by atoms with Crippen LogP contribution < -0.4 is 5.48 Å². The minimum absolute atomic E-state index is 0.295. The molecule has 2 aromatic rings. The first-order chi connectivity index (χ1) is 7.96. The van der Waals surface area contributed by atoms with Crippen LogP contribution >= 0.6 is 0 Å². The highest BCUT2D eigenvalue weighted by Crippen LogP contribution is 2.13. The molecule has 0 aliphatic rings. The SMILES string of the molecule is CC(C)(C)ONC(=O)c1cc2cnccc2[nH]1. The van der Waals surface area contributed by atoms with E-state index in [4.69, 9.17) is 4.84 Å². The third-order valence-electron chi connectivity index (χ3n) is 2.12. The molecule has 2 rings (SSSR count). The molecule has 0 aromatic carbocycles. The minimum atomic E-state index is -0.413. The molecular weight excluding hydrogens is 218 g/mol. The van der Waals surface area contributed by atoms with E-state index in [1.54, 1.807) is 18.5 Å². The molecule has 90 valence electrons. The Morgan fingerprint density at radius 3 is 2.88 bits per heavy atom. The minimum Gasteiger partial charge on any atom is -0.350 e. The standard InChI is InChI=1S/C12H15N3O2/c1-12(2,3)17-15-11(16)10-6-8-7-13-5-4-9(8)14-10/h4-7,14H,1-3H3,(H,15,16). The van der Waals surface area contributed by atoms with Crippen molar-refractivity contribution in [3.05, 3.63) is 30.2 Å². The van der Waals surface area contributed by atoms with Gasteiger partial charge in [-0.1, -0.05) is 0 Å². The Balaban J connectivity index is 2.14. The molecule has 5 heteroatoms. The van der Waals surface area contributed by atoms with Gasteiger partial charge < -0.3 is 4.98 Å². The summed E-state index contributed by atoms with van der Waals surface area (Å²) in [4.78, 5) is 24.0. The number of aromatic amines is 1. The van der Waals surface area contributed by atoms with Crippen molar-refractivity contribution >= 4 is 16.8 Å². The predicted octanol–water partition coefficient (Wildman–Crippen LogP) is 2.02. The van der Waals surface area contributed by atoms with Gasteiger partial charge in [0, 0.05) is 23.3 Å². The van der Waals surface area contributed by atoms with Crippen molar-refractivity contribution in [1.82, 2.24) is 15.4 Å². The van der Waals surface area contributed by atoms with E-state index in [-0.39, 0.29) is 5.91 Å². The van der Waals surface area contributed by atoms with Crippen molar-refractivity contribution < 1.29 is 9.63 Å². The molecule has 2 N–H and O–H groups in total. The first-order valence-corrected chi connectivity index (χ1v) is 5.37. The van der Waals surface area contributed by atoms with Crippen molar-refractivity contribution in [2.75, 3.05) is 0 Å². The van der Waals surface area contributed by atoms with Gasteiger partial charge in [-0.15, -0.1) is 0 Å². The summed E-state index contributed by atoms with van der Waals surface area (Å²) in [5, 5.41) is 0.897. The third-order valence-corrected chi connectivity index (χ3v) is 2.12. The highest BCUT2D eigenvalue weighted by Gasteiger charge is 2.15. The van der Waals surface area contributed by atoms with E-state index in [0.29, 0.717) is 5.69 Å². The molecule has 1 amide bonds. The molecule has 5 nitrogen and oxygen atoms in total. The zero-order valence-corrected chi connectivity index (χ0v) is 10.1. The van der Waals surface area contributed by atoms with E-state index >= 15 is 0 Å². The van der Waals surface area contributed by atoms with Crippen LogP contribution in [0, 0.1) is 0 Å².